The summed E-state index contributed by atoms with van der Waals surface area (Å²) < 4.78 is 10.3. The molecule has 1 aliphatic rings. The molecule has 0 saturated carbocycles. The molecule has 2 heterocycles. The van der Waals surface area contributed by atoms with E-state index in [4.69, 9.17) is 9.26 Å². The smallest absolute Gasteiger partial charge is 0.379 e. The number of nitro benzene ring substituents is 1. The van der Waals surface area contributed by atoms with Crippen molar-refractivity contribution in [3.05, 3.63) is 50.1 Å². The number of aromatic nitrogens is 1. The van der Waals surface area contributed by atoms with Gasteiger partial charge in [0, 0.05) is 43.9 Å². The van der Waals surface area contributed by atoms with E-state index < -0.39 is 21.6 Å². The number of rotatable bonds is 7. The Hall–Kier alpha value is -3.38. The summed E-state index contributed by atoms with van der Waals surface area (Å²) >= 11 is 0. The highest BCUT2D eigenvalue weighted by molar-refractivity contribution is 6.02. The van der Waals surface area contributed by atoms with E-state index in [0.717, 1.165) is 13.1 Å². The molecule has 28 heavy (non-hydrogen) atoms. The number of hydrogen-bond donors (Lipinski definition) is 1. The molecule has 1 saturated heterocycles. The van der Waals surface area contributed by atoms with Crippen molar-refractivity contribution in [1.82, 2.24) is 15.4 Å². The van der Waals surface area contributed by atoms with Gasteiger partial charge in [-0.15, -0.1) is 0 Å². The molecule has 1 aromatic heterocycles. The maximum atomic E-state index is 12.6. The van der Waals surface area contributed by atoms with Gasteiger partial charge in [-0.3, -0.25) is 24.3 Å². The largest absolute Gasteiger partial charge is 0.427 e. The molecule has 0 atom stereocenters. The predicted molar refractivity (Wildman–Crippen MR) is 94.8 cm³/mol. The van der Waals surface area contributed by atoms with Crippen LogP contribution in [0.4, 0.5) is 11.5 Å². The molecule has 3 rings (SSSR count). The summed E-state index contributed by atoms with van der Waals surface area (Å²) in [5.41, 5.74) is -0.209. The van der Waals surface area contributed by atoms with Gasteiger partial charge in [-0.2, -0.15) is 0 Å². The van der Waals surface area contributed by atoms with Gasteiger partial charge in [0.25, 0.3) is 11.6 Å². The van der Waals surface area contributed by atoms with Gasteiger partial charge >= 0.3 is 5.82 Å². The lowest BCUT2D eigenvalue weighted by atomic mass is 10.1. The van der Waals surface area contributed by atoms with Gasteiger partial charge in [0.1, 0.15) is 0 Å². The van der Waals surface area contributed by atoms with Crippen LogP contribution in [0.5, 0.6) is 0 Å². The van der Waals surface area contributed by atoms with E-state index in [-0.39, 0.29) is 29.1 Å². The number of ether oxygens (including phenoxy) is 1. The quantitative estimate of drug-likeness (QED) is 0.542. The summed E-state index contributed by atoms with van der Waals surface area (Å²) in [5, 5.41) is 28.0. The minimum absolute atomic E-state index is 0.120. The first-order valence-corrected chi connectivity index (χ1v) is 8.44. The Kier molecular flexibility index (Phi) is 5.91. The molecule has 1 N–H and O–H groups in total. The molecule has 0 radical (unpaired) electrons. The molecule has 1 aliphatic heterocycles. The van der Waals surface area contributed by atoms with Gasteiger partial charge in [0.05, 0.1) is 18.1 Å². The van der Waals surface area contributed by atoms with E-state index in [1.54, 1.807) is 0 Å². The van der Waals surface area contributed by atoms with E-state index in [2.05, 4.69) is 15.4 Å². The van der Waals surface area contributed by atoms with Crippen molar-refractivity contribution in [2.45, 2.75) is 0 Å². The van der Waals surface area contributed by atoms with Crippen molar-refractivity contribution >= 4 is 17.4 Å². The second kappa shape index (κ2) is 8.54. The Morgan fingerprint density at radius 1 is 1.14 bits per heavy atom. The van der Waals surface area contributed by atoms with Crippen LogP contribution in [0.1, 0.15) is 10.4 Å². The van der Waals surface area contributed by atoms with Gasteiger partial charge in [0.15, 0.2) is 10.7 Å². The topological polar surface area (TPSA) is 154 Å². The fourth-order valence-corrected chi connectivity index (χ4v) is 2.78. The van der Waals surface area contributed by atoms with Crippen molar-refractivity contribution in [2.75, 3.05) is 39.4 Å². The fraction of sp³-hybridized carbons (Fsp3) is 0.375. The third-order valence-electron chi connectivity index (χ3n) is 4.23. The number of hydrogen-bond acceptors (Lipinski definition) is 9. The number of non-ortho nitro benzene ring substituents is 1. The summed E-state index contributed by atoms with van der Waals surface area (Å²) in [6, 6.07) is 5.10. The first-order chi connectivity index (χ1) is 13.5. The molecule has 1 amide bonds. The van der Waals surface area contributed by atoms with Crippen LogP contribution in [-0.2, 0) is 4.74 Å². The van der Waals surface area contributed by atoms with Gasteiger partial charge in [-0.05, 0) is 17.1 Å². The summed E-state index contributed by atoms with van der Waals surface area (Å²) in [7, 11) is 0. The van der Waals surface area contributed by atoms with Crippen LogP contribution in [0.15, 0.2) is 28.8 Å². The first kappa shape index (κ1) is 19.4. The van der Waals surface area contributed by atoms with Gasteiger partial charge in [0.2, 0.25) is 5.76 Å². The number of nitrogens with one attached hydrogen (secondary N) is 1. The fourth-order valence-electron chi connectivity index (χ4n) is 2.78. The third-order valence-corrected chi connectivity index (χ3v) is 4.23. The Labute approximate surface area is 158 Å². The van der Waals surface area contributed by atoms with Crippen LogP contribution in [0.3, 0.4) is 0 Å². The molecular weight excluding hydrogens is 374 g/mol. The number of nitro groups is 2. The van der Waals surface area contributed by atoms with Crippen molar-refractivity contribution < 1.29 is 23.9 Å². The van der Waals surface area contributed by atoms with Crippen LogP contribution in [-0.4, -0.2) is 65.2 Å². The normalized spacial score (nSPS) is 14.6. The average Bonchev–Trinajstić information content (AvgIpc) is 3.14. The van der Waals surface area contributed by atoms with E-state index in [0.29, 0.717) is 19.8 Å². The van der Waals surface area contributed by atoms with E-state index in [9.17, 15) is 25.0 Å². The maximum absolute atomic E-state index is 12.6. The second-order valence-corrected chi connectivity index (χ2v) is 5.98. The average molecular weight is 391 g/mol. The highest BCUT2D eigenvalue weighted by Gasteiger charge is 2.33. The number of benzene rings is 1. The maximum Gasteiger partial charge on any atom is 0.427 e. The highest BCUT2D eigenvalue weighted by Crippen LogP contribution is 2.31. The van der Waals surface area contributed by atoms with Gasteiger partial charge in [-0.25, -0.2) is 0 Å². The minimum Gasteiger partial charge on any atom is -0.379 e. The molecule has 2 aromatic rings. The summed E-state index contributed by atoms with van der Waals surface area (Å²) in [5.74, 6) is -1.53. The van der Waals surface area contributed by atoms with Crippen molar-refractivity contribution in [1.29, 1.82) is 0 Å². The highest BCUT2D eigenvalue weighted by atomic mass is 16.6. The van der Waals surface area contributed by atoms with Crippen LogP contribution < -0.4 is 5.32 Å². The SMILES string of the molecule is O=C(NCCN1CCOCC1)c1c([N+](=O)[O-])noc1-c1ccc([N+](=O)[O-])cc1. The van der Waals surface area contributed by atoms with E-state index in [1.165, 1.54) is 24.3 Å². The lowest BCUT2D eigenvalue weighted by Gasteiger charge is -2.26. The molecule has 12 heteroatoms. The van der Waals surface area contributed by atoms with Crippen LogP contribution in [0, 0.1) is 20.2 Å². The standard InChI is InChI=1S/C16H17N5O7/c22-16(17-5-6-19-7-9-27-10-8-19)13-14(28-18-15(13)21(25)26)11-1-3-12(4-2-11)20(23)24/h1-4H,5-10H2,(H,17,22). The molecule has 0 spiro atoms. The number of nitrogens with zero attached hydrogens (tertiary/aromatic N) is 4. The van der Waals surface area contributed by atoms with E-state index in [1.807, 2.05) is 0 Å². The molecule has 0 aliphatic carbocycles. The Bertz CT molecular complexity index is 874. The molecule has 1 aromatic carbocycles. The lowest BCUT2D eigenvalue weighted by molar-refractivity contribution is -0.391. The monoisotopic (exact) mass is 391 g/mol. The Morgan fingerprint density at radius 2 is 1.82 bits per heavy atom. The first-order valence-electron chi connectivity index (χ1n) is 8.44. The third kappa shape index (κ3) is 4.29. The Morgan fingerprint density at radius 3 is 2.43 bits per heavy atom. The minimum atomic E-state index is -0.810. The lowest BCUT2D eigenvalue weighted by Crippen LogP contribution is -2.41. The number of carbonyl (C=O) groups is 1. The van der Waals surface area contributed by atoms with E-state index >= 15 is 0 Å². The second-order valence-electron chi connectivity index (χ2n) is 5.98. The molecule has 12 nitrogen and oxygen atoms in total. The van der Waals surface area contributed by atoms with Crippen LogP contribution in [0.25, 0.3) is 11.3 Å². The Balaban J connectivity index is 1.78. The molecular formula is C16H17N5O7. The van der Waals surface area contributed by atoms with Crippen molar-refractivity contribution in [3.8, 4) is 11.3 Å². The molecule has 0 bridgehead atoms. The zero-order valence-electron chi connectivity index (χ0n) is 14.7. The van der Waals surface area contributed by atoms with Crippen LogP contribution in [0.2, 0.25) is 0 Å². The summed E-state index contributed by atoms with van der Waals surface area (Å²) in [6.07, 6.45) is 0. The van der Waals surface area contributed by atoms with Crippen molar-refractivity contribution in [2.24, 2.45) is 0 Å². The predicted octanol–water partition coefficient (Wildman–Crippen LogP) is 1.22. The number of amides is 1. The summed E-state index contributed by atoms with van der Waals surface area (Å²) in [6.45, 7) is 3.58. The zero-order chi connectivity index (χ0) is 20.1. The molecule has 0 unspecified atom stereocenters. The zero-order valence-corrected chi connectivity index (χ0v) is 14.7. The van der Waals surface area contributed by atoms with Crippen molar-refractivity contribution in [3.63, 3.8) is 0 Å². The summed E-state index contributed by atoms with van der Waals surface area (Å²) in [4.78, 5) is 35.3. The molecule has 1 fully saturated rings. The van der Waals surface area contributed by atoms with Gasteiger partial charge < -0.3 is 20.2 Å². The number of morpholine rings is 1. The molecule has 148 valence electrons. The van der Waals surface area contributed by atoms with Gasteiger partial charge in [-0.1, -0.05) is 0 Å². The number of carbonyl (C=O) groups excluding carboxylic acids is 1. The van der Waals surface area contributed by atoms with Crippen LogP contribution >= 0.6 is 0 Å².